The second-order valence-corrected chi connectivity index (χ2v) is 12.3. The highest BCUT2D eigenvalue weighted by molar-refractivity contribution is 7.92. The minimum atomic E-state index is -4.28. The van der Waals surface area contributed by atoms with Crippen molar-refractivity contribution in [2.45, 2.75) is 58.5 Å². The number of nitrogens with one attached hydrogen (secondary N) is 1. The number of benzene rings is 3. The van der Waals surface area contributed by atoms with Crippen molar-refractivity contribution < 1.29 is 27.1 Å². The fourth-order valence-electron chi connectivity index (χ4n) is 4.45. The molecule has 0 aliphatic rings. The molecule has 42 heavy (non-hydrogen) atoms. The van der Waals surface area contributed by atoms with E-state index < -0.39 is 34.3 Å². The van der Waals surface area contributed by atoms with Crippen molar-refractivity contribution in [1.29, 1.82) is 0 Å². The van der Waals surface area contributed by atoms with Gasteiger partial charge in [-0.2, -0.15) is 0 Å². The average Bonchev–Trinajstić information content (AvgIpc) is 2.96. The molecule has 1 atom stereocenters. The Morgan fingerprint density at radius 1 is 0.952 bits per heavy atom. The van der Waals surface area contributed by atoms with Crippen molar-refractivity contribution in [2.24, 2.45) is 5.92 Å². The molecule has 1 N–H and O–H groups in total. The first kappa shape index (κ1) is 32.6. The molecule has 0 aliphatic carbocycles. The predicted molar refractivity (Wildman–Crippen MR) is 162 cm³/mol. The summed E-state index contributed by atoms with van der Waals surface area (Å²) in [4.78, 5) is 28.8. The summed E-state index contributed by atoms with van der Waals surface area (Å²) in [7, 11) is -4.28. The monoisotopic (exact) mass is 597 g/mol. The molecule has 0 aromatic heterocycles. The van der Waals surface area contributed by atoms with E-state index in [4.69, 9.17) is 4.74 Å². The number of anilines is 1. The fourth-order valence-corrected chi connectivity index (χ4v) is 5.87. The summed E-state index contributed by atoms with van der Waals surface area (Å²) in [6.45, 7) is 9.87. The molecule has 3 aromatic carbocycles. The van der Waals surface area contributed by atoms with Gasteiger partial charge in [0.2, 0.25) is 11.8 Å². The van der Waals surface area contributed by atoms with Crippen LogP contribution in [0.5, 0.6) is 5.75 Å². The number of carbonyl (C=O) groups is 2. The zero-order valence-electron chi connectivity index (χ0n) is 24.8. The van der Waals surface area contributed by atoms with Gasteiger partial charge in [0.05, 0.1) is 17.2 Å². The normalized spacial score (nSPS) is 12.1. The minimum absolute atomic E-state index is 0.0600. The predicted octanol–water partition coefficient (Wildman–Crippen LogP) is 5.31. The molecule has 0 radical (unpaired) electrons. The van der Waals surface area contributed by atoms with Crippen LogP contribution in [0.25, 0.3) is 0 Å². The summed E-state index contributed by atoms with van der Waals surface area (Å²) in [6.07, 6.45) is 0.323. The highest BCUT2D eigenvalue weighted by Gasteiger charge is 2.34. The van der Waals surface area contributed by atoms with E-state index >= 15 is 0 Å². The molecular weight excluding hydrogens is 557 g/mol. The number of aryl methyl sites for hydroxylation is 1. The maximum Gasteiger partial charge on any atom is 0.264 e. The third-order valence-electron chi connectivity index (χ3n) is 6.79. The second kappa shape index (κ2) is 14.8. The Kier molecular flexibility index (Phi) is 11.5. The second-order valence-electron chi connectivity index (χ2n) is 10.4. The topological polar surface area (TPSA) is 96.0 Å². The van der Waals surface area contributed by atoms with Crippen LogP contribution in [0.2, 0.25) is 0 Å². The minimum Gasteiger partial charge on any atom is -0.494 e. The van der Waals surface area contributed by atoms with E-state index in [9.17, 15) is 22.4 Å². The average molecular weight is 598 g/mol. The van der Waals surface area contributed by atoms with Crippen LogP contribution in [0.3, 0.4) is 0 Å². The molecule has 8 nitrogen and oxygen atoms in total. The fraction of sp³-hybridized carbons (Fsp3) is 0.375. The van der Waals surface area contributed by atoms with Crippen LogP contribution in [0.15, 0.2) is 77.7 Å². The molecule has 0 fully saturated rings. The number of hydrogen-bond donors (Lipinski definition) is 1. The first-order chi connectivity index (χ1) is 20.0. The Hall–Kier alpha value is -3.92. The number of carbonyl (C=O) groups excluding carboxylic acids is 2. The van der Waals surface area contributed by atoms with Gasteiger partial charge in [0.15, 0.2) is 0 Å². The Labute approximate surface area is 248 Å². The highest BCUT2D eigenvalue weighted by atomic mass is 32.2. The number of rotatable bonds is 14. The van der Waals surface area contributed by atoms with Crippen LogP contribution >= 0.6 is 0 Å². The number of ether oxygens (including phenoxy) is 1. The third kappa shape index (κ3) is 8.31. The summed E-state index contributed by atoms with van der Waals surface area (Å²) in [5.74, 6) is -0.708. The molecular formula is C32H40FN3O5S. The summed E-state index contributed by atoms with van der Waals surface area (Å²) in [5.41, 5.74) is 1.89. The highest BCUT2D eigenvalue weighted by Crippen LogP contribution is 2.27. The van der Waals surface area contributed by atoms with Crippen LogP contribution in [-0.4, -0.2) is 50.9 Å². The van der Waals surface area contributed by atoms with E-state index in [0.717, 1.165) is 27.6 Å². The van der Waals surface area contributed by atoms with Gasteiger partial charge in [-0.1, -0.05) is 45.0 Å². The molecule has 0 aliphatic heterocycles. The van der Waals surface area contributed by atoms with Gasteiger partial charge in [-0.3, -0.25) is 13.9 Å². The molecule has 2 amide bonds. The molecule has 0 unspecified atom stereocenters. The summed E-state index contributed by atoms with van der Waals surface area (Å²) in [5, 5.41) is 2.91. The van der Waals surface area contributed by atoms with Crippen molar-refractivity contribution in [3.8, 4) is 5.75 Å². The number of nitrogens with zero attached hydrogens (tertiary/aromatic N) is 2. The summed E-state index contributed by atoms with van der Waals surface area (Å²) in [6, 6.07) is 17.5. The standard InChI is InChI=1S/C32H40FN3O5S/c1-6-30(32(38)34-20-23(3)4)35(21-25-11-9-8-10-24(25)5)31(37)22-36(27-14-12-26(33)13-15-27)42(39,40)29-18-16-28(17-19-29)41-7-2/h8-19,23,30H,6-7,20-22H2,1-5H3,(H,34,38)/t30-/m0/s1. The van der Waals surface area contributed by atoms with Crippen molar-refractivity contribution in [3.63, 3.8) is 0 Å². The van der Waals surface area contributed by atoms with Crippen molar-refractivity contribution in [3.05, 3.63) is 89.7 Å². The van der Waals surface area contributed by atoms with Crippen molar-refractivity contribution in [2.75, 3.05) is 24.0 Å². The Balaban J connectivity index is 2.04. The Morgan fingerprint density at radius 3 is 2.17 bits per heavy atom. The van der Waals surface area contributed by atoms with Gasteiger partial charge in [0, 0.05) is 13.1 Å². The van der Waals surface area contributed by atoms with Gasteiger partial charge in [-0.25, -0.2) is 12.8 Å². The van der Waals surface area contributed by atoms with E-state index in [1.165, 1.54) is 41.3 Å². The molecule has 0 spiro atoms. The lowest BCUT2D eigenvalue weighted by atomic mass is 10.1. The van der Waals surface area contributed by atoms with Gasteiger partial charge in [-0.05, 0) is 85.8 Å². The third-order valence-corrected chi connectivity index (χ3v) is 8.58. The first-order valence-corrected chi connectivity index (χ1v) is 15.5. The maximum atomic E-state index is 14.1. The van der Waals surface area contributed by atoms with Gasteiger partial charge in [-0.15, -0.1) is 0 Å². The van der Waals surface area contributed by atoms with Crippen LogP contribution in [0.1, 0.15) is 45.2 Å². The molecule has 3 rings (SSSR count). The van der Waals surface area contributed by atoms with Gasteiger partial charge < -0.3 is 15.0 Å². The van der Waals surface area contributed by atoms with E-state index in [1.807, 2.05) is 58.9 Å². The lowest BCUT2D eigenvalue weighted by Crippen LogP contribution is -2.52. The largest absolute Gasteiger partial charge is 0.494 e. The van der Waals surface area contributed by atoms with Crippen LogP contribution < -0.4 is 14.4 Å². The molecule has 3 aromatic rings. The SMILES string of the molecule is CCOc1ccc(S(=O)(=O)N(CC(=O)N(Cc2ccccc2C)[C@@H](CC)C(=O)NCC(C)C)c2ccc(F)cc2)cc1. The summed E-state index contributed by atoms with van der Waals surface area (Å²) >= 11 is 0. The van der Waals surface area contributed by atoms with Gasteiger partial charge in [0.25, 0.3) is 10.0 Å². The molecule has 0 saturated heterocycles. The van der Waals surface area contributed by atoms with Crippen LogP contribution in [0, 0.1) is 18.7 Å². The first-order valence-electron chi connectivity index (χ1n) is 14.1. The maximum absolute atomic E-state index is 14.1. The Bertz CT molecular complexity index is 1440. The smallest absolute Gasteiger partial charge is 0.264 e. The van der Waals surface area contributed by atoms with Crippen molar-refractivity contribution >= 4 is 27.5 Å². The summed E-state index contributed by atoms with van der Waals surface area (Å²) < 4.78 is 48.1. The molecule has 0 saturated carbocycles. The van der Waals surface area contributed by atoms with E-state index in [0.29, 0.717) is 25.3 Å². The van der Waals surface area contributed by atoms with E-state index in [-0.39, 0.29) is 29.0 Å². The van der Waals surface area contributed by atoms with Crippen LogP contribution in [-0.2, 0) is 26.2 Å². The zero-order chi connectivity index (χ0) is 30.9. The number of hydrogen-bond acceptors (Lipinski definition) is 5. The molecule has 0 bridgehead atoms. The van der Waals surface area contributed by atoms with Crippen molar-refractivity contribution in [1.82, 2.24) is 10.2 Å². The molecule has 226 valence electrons. The molecule has 0 heterocycles. The quantitative estimate of drug-likeness (QED) is 0.272. The molecule has 10 heteroatoms. The number of halogens is 1. The number of sulfonamides is 1. The number of amides is 2. The van der Waals surface area contributed by atoms with Gasteiger partial charge in [0.1, 0.15) is 24.2 Å². The lowest BCUT2D eigenvalue weighted by molar-refractivity contribution is -0.140. The lowest BCUT2D eigenvalue weighted by Gasteiger charge is -2.33. The zero-order valence-corrected chi connectivity index (χ0v) is 25.7. The Morgan fingerprint density at radius 2 is 1.60 bits per heavy atom. The van der Waals surface area contributed by atoms with Crippen LogP contribution in [0.4, 0.5) is 10.1 Å². The van der Waals surface area contributed by atoms with Gasteiger partial charge >= 0.3 is 0 Å². The van der Waals surface area contributed by atoms with E-state index in [2.05, 4.69) is 5.32 Å². The van der Waals surface area contributed by atoms with E-state index in [1.54, 1.807) is 0 Å².